The molecule has 8 nitrogen and oxygen atoms in total. The molecule has 0 aliphatic carbocycles. The van der Waals surface area contributed by atoms with Gasteiger partial charge in [-0.3, -0.25) is 14.9 Å². The lowest BCUT2D eigenvalue weighted by molar-refractivity contribution is -0.125. The molecule has 2 aromatic heterocycles. The summed E-state index contributed by atoms with van der Waals surface area (Å²) in [6, 6.07) is 22.5. The molecule has 5 rings (SSSR count). The van der Waals surface area contributed by atoms with E-state index in [9.17, 15) is 9.59 Å². The van der Waals surface area contributed by atoms with Crippen molar-refractivity contribution in [2.45, 2.75) is 44.9 Å². The van der Waals surface area contributed by atoms with Crippen LogP contribution in [0.3, 0.4) is 0 Å². The van der Waals surface area contributed by atoms with E-state index in [1.54, 1.807) is 29.1 Å². The Morgan fingerprint density at radius 1 is 1.06 bits per heavy atom. The quantitative estimate of drug-likeness (QED) is 0.371. The molecule has 1 aliphatic heterocycles. The first kappa shape index (κ1) is 23.6. The van der Waals surface area contributed by atoms with Crippen LogP contribution in [0.1, 0.15) is 61.0 Å². The maximum Gasteiger partial charge on any atom is 0.256 e. The summed E-state index contributed by atoms with van der Waals surface area (Å²) < 4.78 is 7.10. The number of furan rings is 1. The third-order valence-electron chi connectivity index (χ3n) is 6.26. The third kappa shape index (κ3) is 4.94. The van der Waals surface area contributed by atoms with Gasteiger partial charge >= 0.3 is 0 Å². The fourth-order valence-electron chi connectivity index (χ4n) is 4.26. The van der Waals surface area contributed by atoms with Crippen LogP contribution in [0, 0.1) is 0 Å². The Balaban J connectivity index is 1.45. The molecule has 3 heterocycles. The molecule has 0 spiro atoms. The first-order valence-electron chi connectivity index (χ1n) is 11.9. The molecular formula is C28H29N5O3. The van der Waals surface area contributed by atoms with Crippen molar-refractivity contribution in [2.75, 3.05) is 5.32 Å². The molecule has 1 saturated heterocycles. The summed E-state index contributed by atoms with van der Waals surface area (Å²) in [5, 5.41) is 14.0. The number of carbonyl (C=O) groups excluding carboxylic acids is 2. The van der Waals surface area contributed by atoms with Gasteiger partial charge in [0, 0.05) is 24.1 Å². The van der Waals surface area contributed by atoms with Crippen molar-refractivity contribution in [2.24, 2.45) is 0 Å². The van der Waals surface area contributed by atoms with E-state index in [1.807, 2.05) is 54.6 Å². The lowest BCUT2D eigenvalue weighted by Crippen LogP contribution is -2.50. The average molecular weight is 484 g/mol. The smallest absolute Gasteiger partial charge is 0.256 e. The van der Waals surface area contributed by atoms with Gasteiger partial charge in [0.15, 0.2) is 12.0 Å². The second-order valence-electron chi connectivity index (χ2n) is 9.92. The van der Waals surface area contributed by atoms with Crippen LogP contribution in [0.2, 0.25) is 0 Å². The molecule has 2 atom stereocenters. The second-order valence-corrected chi connectivity index (χ2v) is 9.92. The standard InChI is InChI=1S/C28H29N5O3/c1-28(2,3)20-13-11-19(12-14-20)26(35)30-24-16-22(23-10-7-15-36-23)32-33(24)27-29-21(17-25(34)31-27)18-8-5-4-6-9-18/h4-16,21,27,29H,17H2,1-3H3,(H,30,35)(H,31,34). The largest absolute Gasteiger partial charge is 0.463 e. The van der Waals surface area contributed by atoms with Crippen molar-refractivity contribution >= 4 is 17.6 Å². The molecule has 2 aromatic carbocycles. The van der Waals surface area contributed by atoms with E-state index >= 15 is 0 Å². The van der Waals surface area contributed by atoms with Gasteiger partial charge in [0.1, 0.15) is 11.5 Å². The topological polar surface area (TPSA) is 101 Å². The Morgan fingerprint density at radius 2 is 1.81 bits per heavy atom. The number of hydrogen-bond donors (Lipinski definition) is 3. The summed E-state index contributed by atoms with van der Waals surface area (Å²) in [5.41, 5.74) is 3.20. The van der Waals surface area contributed by atoms with Gasteiger partial charge in [-0.25, -0.2) is 4.68 Å². The lowest BCUT2D eigenvalue weighted by atomic mass is 9.87. The number of anilines is 1. The number of benzene rings is 2. The number of amides is 2. The zero-order valence-electron chi connectivity index (χ0n) is 20.5. The number of carbonyl (C=O) groups is 2. The van der Waals surface area contributed by atoms with E-state index in [2.05, 4.69) is 41.8 Å². The monoisotopic (exact) mass is 483 g/mol. The number of hydrogen-bond acceptors (Lipinski definition) is 5. The summed E-state index contributed by atoms with van der Waals surface area (Å²) in [6.45, 7) is 6.39. The number of nitrogens with one attached hydrogen (secondary N) is 3. The summed E-state index contributed by atoms with van der Waals surface area (Å²) in [7, 11) is 0. The maximum atomic E-state index is 13.2. The summed E-state index contributed by atoms with van der Waals surface area (Å²) in [4.78, 5) is 25.8. The predicted octanol–water partition coefficient (Wildman–Crippen LogP) is 5.00. The summed E-state index contributed by atoms with van der Waals surface area (Å²) in [5.74, 6) is 0.598. The van der Waals surface area contributed by atoms with Crippen molar-refractivity contribution in [3.63, 3.8) is 0 Å². The van der Waals surface area contributed by atoms with Crippen molar-refractivity contribution in [1.82, 2.24) is 20.4 Å². The van der Waals surface area contributed by atoms with Gasteiger partial charge in [0.25, 0.3) is 5.91 Å². The molecular weight excluding hydrogens is 454 g/mol. The Kier molecular flexibility index (Phi) is 6.20. The summed E-state index contributed by atoms with van der Waals surface area (Å²) in [6.07, 6.45) is 1.20. The first-order chi connectivity index (χ1) is 17.3. The fraction of sp³-hybridized carbons (Fsp3) is 0.250. The van der Waals surface area contributed by atoms with E-state index in [0.717, 1.165) is 11.1 Å². The van der Waals surface area contributed by atoms with Gasteiger partial charge < -0.3 is 15.1 Å². The molecule has 4 aromatic rings. The van der Waals surface area contributed by atoms with E-state index < -0.39 is 6.29 Å². The summed E-state index contributed by atoms with van der Waals surface area (Å²) >= 11 is 0. The zero-order chi connectivity index (χ0) is 25.3. The molecule has 1 fully saturated rings. The van der Waals surface area contributed by atoms with Crippen LogP contribution < -0.4 is 16.0 Å². The molecule has 184 valence electrons. The molecule has 1 aliphatic rings. The van der Waals surface area contributed by atoms with Crippen molar-refractivity contribution in [3.8, 4) is 11.5 Å². The highest BCUT2D eigenvalue weighted by atomic mass is 16.3. The van der Waals surface area contributed by atoms with Gasteiger partial charge in [0.2, 0.25) is 5.91 Å². The third-order valence-corrected chi connectivity index (χ3v) is 6.26. The van der Waals surface area contributed by atoms with Gasteiger partial charge in [-0.2, -0.15) is 5.10 Å². The van der Waals surface area contributed by atoms with Gasteiger partial charge in [-0.05, 0) is 40.8 Å². The van der Waals surface area contributed by atoms with E-state index in [0.29, 0.717) is 29.3 Å². The van der Waals surface area contributed by atoms with Gasteiger partial charge in [-0.1, -0.05) is 63.2 Å². The van der Waals surface area contributed by atoms with Gasteiger partial charge in [-0.15, -0.1) is 0 Å². The molecule has 2 amide bonds. The Bertz CT molecular complexity index is 1350. The van der Waals surface area contributed by atoms with E-state index in [-0.39, 0.29) is 23.3 Å². The number of nitrogens with zero attached hydrogens (tertiary/aromatic N) is 2. The average Bonchev–Trinajstić information content (AvgIpc) is 3.54. The van der Waals surface area contributed by atoms with E-state index in [1.165, 1.54) is 0 Å². The van der Waals surface area contributed by atoms with E-state index in [4.69, 9.17) is 4.42 Å². The molecule has 0 saturated carbocycles. The maximum absolute atomic E-state index is 13.2. The van der Waals surface area contributed by atoms with Crippen LogP contribution in [0.25, 0.3) is 11.5 Å². The highest BCUT2D eigenvalue weighted by Gasteiger charge is 2.30. The minimum Gasteiger partial charge on any atom is -0.463 e. The second kappa shape index (κ2) is 9.47. The SMILES string of the molecule is CC(C)(C)c1ccc(C(=O)Nc2cc(-c3ccco3)nn2C2NC(=O)CC(c3ccccc3)N2)cc1. The number of rotatable bonds is 5. The predicted molar refractivity (Wildman–Crippen MR) is 137 cm³/mol. The minimum atomic E-state index is -0.668. The van der Waals surface area contributed by atoms with Crippen LogP contribution in [-0.4, -0.2) is 21.6 Å². The minimum absolute atomic E-state index is 0.00821. The molecule has 3 N–H and O–H groups in total. The van der Waals surface area contributed by atoms with Crippen LogP contribution in [0.5, 0.6) is 0 Å². The van der Waals surface area contributed by atoms with Gasteiger partial charge in [0.05, 0.1) is 6.26 Å². The normalized spacial score (nSPS) is 18.0. The molecule has 0 radical (unpaired) electrons. The molecule has 8 heteroatoms. The Hall–Kier alpha value is -4.17. The van der Waals surface area contributed by atoms with Crippen LogP contribution in [0.15, 0.2) is 83.5 Å². The number of aromatic nitrogens is 2. The fourth-order valence-corrected chi connectivity index (χ4v) is 4.26. The lowest BCUT2D eigenvalue weighted by Gasteiger charge is -2.32. The first-order valence-corrected chi connectivity index (χ1v) is 11.9. The van der Waals surface area contributed by atoms with Crippen molar-refractivity contribution < 1.29 is 14.0 Å². The van der Waals surface area contributed by atoms with Crippen LogP contribution >= 0.6 is 0 Å². The molecule has 36 heavy (non-hydrogen) atoms. The Morgan fingerprint density at radius 3 is 2.47 bits per heavy atom. The highest BCUT2D eigenvalue weighted by Crippen LogP contribution is 2.29. The highest BCUT2D eigenvalue weighted by molar-refractivity contribution is 6.04. The van der Waals surface area contributed by atoms with Crippen molar-refractivity contribution in [3.05, 3.63) is 95.7 Å². The Labute approximate surface area is 209 Å². The molecule has 2 unspecified atom stereocenters. The van der Waals surface area contributed by atoms with Crippen LogP contribution in [0.4, 0.5) is 5.82 Å². The molecule has 0 bridgehead atoms. The zero-order valence-corrected chi connectivity index (χ0v) is 20.5. The van der Waals surface area contributed by atoms with Crippen molar-refractivity contribution in [1.29, 1.82) is 0 Å². The van der Waals surface area contributed by atoms with Crippen LogP contribution in [-0.2, 0) is 10.2 Å².